The van der Waals surface area contributed by atoms with Crippen molar-refractivity contribution < 1.29 is 51.4 Å². The number of esters is 3. The molecule has 0 N–H and O–H groups in total. The third kappa shape index (κ3) is 8.40. The zero-order valence-corrected chi connectivity index (χ0v) is 43.6. The Balaban J connectivity index is 1.78. The molecule has 1 radical (unpaired) electrons. The molecule has 6 rings (SSSR count). The quantitative estimate of drug-likeness (QED) is 0.0650. The first-order valence-corrected chi connectivity index (χ1v) is 31.1. The predicted octanol–water partition coefficient (Wildman–Crippen LogP) is 10.3. The van der Waals surface area contributed by atoms with E-state index in [2.05, 4.69) is 54.6 Å². The number of ketones is 1. The fourth-order valence-electron chi connectivity index (χ4n) is 11.9. The number of Topliss-reactive ketones (excluding diaryl/α,β-unsaturated/α-hetero) is 1. The average molecular weight is 934 g/mol. The molecule has 1 aliphatic heterocycles. The maximum atomic E-state index is 16.7. The maximum Gasteiger partial charge on any atom is 0.338 e. The number of hydrogen-bond donors (Lipinski definition) is 0. The number of hydrogen-bond acceptors (Lipinski definition) is 11. The van der Waals surface area contributed by atoms with Gasteiger partial charge in [-0.05, 0) is 98.6 Å². The third-order valence-corrected chi connectivity index (χ3v) is 26.2. The minimum absolute atomic E-state index is 0.0717. The van der Waals surface area contributed by atoms with Crippen LogP contribution in [0.25, 0.3) is 0 Å². The molecular formula is C50H73O11Si3. The van der Waals surface area contributed by atoms with Crippen molar-refractivity contribution >= 4 is 49.4 Å². The van der Waals surface area contributed by atoms with E-state index in [1.54, 1.807) is 48.5 Å². The molecule has 2 aromatic rings. The van der Waals surface area contributed by atoms with E-state index >= 15 is 9.59 Å². The van der Waals surface area contributed by atoms with Crippen LogP contribution in [-0.4, -0.2) is 97.7 Å². The van der Waals surface area contributed by atoms with Crippen molar-refractivity contribution in [2.45, 2.75) is 180 Å². The second-order valence-corrected chi connectivity index (χ2v) is 31.0. The smallest absolute Gasteiger partial charge is 0.338 e. The molecule has 2 aromatic carbocycles. The number of ether oxygens (including phenoxy) is 4. The topological polar surface area (TPSA) is 133 Å². The second-order valence-electron chi connectivity index (χ2n) is 19.6. The minimum atomic E-state index is -2.53. The first-order chi connectivity index (χ1) is 30.2. The van der Waals surface area contributed by atoms with E-state index in [-0.39, 0.29) is 19.4 Å². The van der Waals surface area contributed by atoms with Gasteiger partial charge < -0.3 is 32.2 Å². The molecule has 3 fully saturated rings. The van der Waals surface area contributed by atoms with Gasteiger partial charge in [0.05, 0.1) is 41.3 Å². The summed E-state index contributed by atoms with van der Waals surface area (Å²) in [6.07, 6.45) is -4.29. The largest absolute Gasteiger partial charge is 0.455 e. The molecule has 2 saturated carbocycles. The van der Waals surface area contributed by atoms with Gasteiger partial charge in [0.25, 0.3) is 0 Å². The maximum absolute atomic E-state index is 16.7. The van der Waals surface area contributed by atoms with Crippen LogP contribution in [0.15, 0.2) is 71.8 Å². The Hall–Kier alpha value is -3.25. The summed E-state index contributed by atoms with van der Waals surface area (Å²) in [4.78, 5) is 60.0. The van der Waals surface area contributed by atoms with Crippen LogP contribution in [0.2, 0.25) is 49.4 Å². The molecular weight excluding hydrogens is 861 g/mol. The van der Waals surface area contributed by atoms with E-state index in [0.717, 1.165) is 41.8 Å². The molecule has 0 amide bonds. The predicted molar refractivity (Wildman–Crippen MR) is 253 cm³/mol. The van der Waals surface area contributed by atoms with Gasteiger partial charge in [0.2, 0.25) is 9.04 Å². The summed E-state index contributed by atoms with van der Waals surface area (Å²) in [6, 6.07) is 22.6. The fraction of sp³-hybridized carbons (Fsp3) is 0.640. The molecule has 64 heavy (non-hydrogen) atoms. The van der Waals surface area contributed by atoms with Gasteiger partial charge in [-0.1, -0.05) is 91.8 Å². The van der Waals surface area contributed by atoms with Crippen molar-refractivity contribution in [1.82, 2.24) is 0 Å². The Bertz CT molecular complexity index is 2030. The average Bonchev–Trinajstić information content (AvgIpc) is 3.27. The van der Waals surface area contributed by atoms with Crippen LogP contribution < -0.4 is 0 Å². The molecule has 3 aliphatic carbocycles. The summed E-state index contributed by atoms with van der Waals surface area (Å²) in [5.41, 5.74) is -3.65. The van der Waals surface area contributed by atoms with Crippen LogP contribution in [0, 0.1) is 16.7 Å². The van der Waals surface area contributed by atoms with Gasteiger partial charge >= 0.3 is 17.9 Å². The normalized spacial score (nSPS) is 31.2. The molecule has 4 aliphatic rings. The van der Waals surface area contributed by atoms with Gasteiger partial charge in [-0.15, -0.1) is 0 Å². The molecule has 351 valence electrons. The minimum Gasteiger partial charge on any atom is -0.455 e. The lowest BCUT2D eigenvalue weighted by molar-refractivity contribution is -0.338. The Morgan fingerprint density at radius 2 is 1.28 bits per heavy atom. The van der Waals surface area contributed by atoms with Crippen LogP contribution in [0.1, 0.15) is 110 Å². The summed E-state index contributed by atoms with van der Waals surface area (Å²) in [5, 5.41) is 0. The van der Waals surface area contributed by atoms with Crippen molar-refractivity contribution in [3.63, 3.8) is 0 Å². The Morgan fingerprint density at radius 3 is 1.75 bits per heavy atom. The van der Waals surface area contributed by atoms with E-state index in [4.69, 9.17) is 32.2 Å². The molecule has 9 atom stereocenters. The van der Waals surface area contributed by atoms with Crippen molar-refractivity contribution in [3.8, 4) is 0 Å². The van der Waals surface area contributed by atoms with Crippen molar-refractivity contribution in [3.05, 3.63) is 82.9 Å². The lowest BCUT2D eigenvalue weighted by atomic mass is 9.44. The number of carbonyl (C=O) groups is 4. The standard InChI is InChI=1S/C50H73O11Si3/c1-14-63(15-2,16-3)59-37-31-50(61-62(12)13)44(57-45(53)35-26-22-20-23-27-35)42-48(11,43(52)41(56-34(8)51)40(33(37)7)47(50,9)10)38(60-64(17-4,18-5)19-6)30-39-49(42,32-55-39)58-46(54)36-28-24-21-25-29-36/h20-29,37-39,41-42,44H,14-19,30-32H2,1-13H3/t37-,38-,39+,41+,42-,44-,48+,49-,50+/m0/s1. The monoisotopic (exact) mass is 933 g/mol. The molecule has 0 aromatic heterocycles. The van der Waals surface area contributed by atoms with Crippen molar-refractivity contribution in [2.24, 2.45) is 16.7 Å². The van der Waals surface area contributed by atoms with Crippen LogP contribution in [0.3, 0.4) is 0 Å². The Labute approximate surface area is 385 Å². The number of carbonyl (C=O) groups excluding carboxylic acids is 4. The summed E-state index contributed by atoms with van der Waals surface area (Å²) < 4.78 is 49.7. The Kier molecular flexibility index (Phi) is 15.0. The summed E-state index contributed by atoms with van der Waals surface area (Å²) in [5.74, 6) is -3.33. The number of benzene rings is 2. The van der Waals surface area contributed by atoms with Gasteiger partial charge in [0.15, 0.2) is 34.1 Å². The fourth-order valence-corrected chi connectivity index (χ4v) is 18.9. The highest BCUT2D eigenvalue weighted by Gasteiger charge is 2.79. The van der Waals surface area contributed by atoms with E-state index in [0.29, 0.717) is 16.7 Å². The highest BCUT2D eigenvalue weighted by molar-refractivity contribution is 6.74. The van der Waals surface area contributed by atoms with Crippen molar-refractivity contribution in [1.29, 1.82) is 0 Å². The highest BCUT2D eigenvalue weighted by atomic mass is 28.4. The molecule has 2 bridgehead atoms. The first-order valence-electron chi connectivity index (χ1n) is 23.7. The third-order valence-electron chi connectivity index (χ3n) is 16.1. The van der Waals surface area contributed by atoms with Crippen molar-refractivity contribution in [2.75, 3.05) is 6.61 Å². The van der Waals surface area contributed by atoms with E-state index in [1.165, 1.54) is 6.92 Å². The Morgan fingerprint density at radius 1 is 0.766 bits per heavy atom. The van der Waals surface area contributed by atoms with Crippen LogP contribution in [-0.2, 0) is 41.8 Å². The van der Waals surface area contributed by atoms with Gasteiger partial charge in [0.1, 0.15) is 17.8 Å². The van der Waals surface area contributed by atoms with Gasteiger partial charge in [-0.25, -0.2) is 9.59 Å². The highest BCUT2D eigenvalue weighted by Crippen LogP contribution is 2.66. The lowest BCUT2D eigenvalue weighted by Gasteiger charge is -2.69. The number of rotatable bonds is 17. The van der Waals surface area contributed by atoms with Crippen LogP contribution in [0.5, 0.6) is 0 Å². The summed E-state index contributed by atoms with van der Waals surface area (Å²) in [6.45, 7) is 26.2. The molecule has 11 nitrogen and oxygen atoms in total. The van der Waals surface area contributed by atoms with E-state index < -0.39 is 108 Å². The zero-order valence-electron chi connectivity index (χ0n) is 40.6. The first kappa shape index (κ1) is 50.2. The molecule has 0 unspecified atom stereocenters. The molecule has 1 saturated heterocycles. The van der Waals surface area contributed by atoms with Crippen LogP contribution in [0.4, 0.5) is 0 Å². The SMILES string of the molecule is CC[Si](CC)(CC)O[C@H]1C[C@@]2(O[Si](C)C)[C@@H](OC(=O)c3ccccc3)[C@@H]3[C@]4(OC(=O)c5ccccc5)CO[C@@H]4C[C@H](O[Si](CC)(CC)CC)[C@@]3(C)C(=O)[C@H](OC(C)=O)C(=C1C)C2(C)C. The van der Waals surface area contributed by atoms with Gasteiger partial charge in [0, 0.05) is 25.2 Å². The van der Waals surface area contributed by atoms with Gasteiger partial charge in [-0.3, -0.25) is 9.59 Å². The summed E-state index contributed by atoms with van der Waals surface area (Å²) >= 11 is 0. The molecule has 14 heteroatoms. The van der Waals surface area contributed by atoms with E-state index in [9.17, 15) is 9.59 Å². The molecule has 1 heterocycles. The lowest BCUT2D eigenvalue weighted by Crippen LogP contribution is -2.83. The van der Waals surface area contributed by atoms with Gasteiger partial charge in [-0.2, -0.15) is 0 Å². The second kappa shape index (κ2) is 19.2. The van der Waals surface area contributed by atoms with Crippen LogP contribution >= 0.6 is 0 Å². The zero-order chi connectivity index (χ0) is 47.0. The number of fused-ring (bicyclic) bond motifs is 5. The molecule has 0 spiro atoms. The summed E-state index contributed by atoms with van der Waals surface area (Å²) in [7, 11) is -6.63. The van der Waals surface area contributed by atoms with E-state index in [1.807, 2.05) is 39.8 Å².